The molecule has 210 valence electrons. The van der Waals surface area contributed by atoms with Crippen LogP contribution in [0.2, 0.25) is 0 Å². The Morgan fingerprint density at radius 2 is 1.46 bits per heavy atom. The second kappa shape index (κ2) is 11.9. The van der Waals surface area contributed by atoms with E-state index in [1.165, 1.54) is 11.9 Å². The molecule has 0 bridgehead atoms. The zero-order chi connectivity index (χ0) is 29.0. The van der Waals surface area contributed by atoms with E-state index in [1.54, 1.807) is 54.6 Å². The fraction of sp³-hybridized carbons (Fsp3) is 0.385. The number of alkyl halides is 6. The van der Waals surface area contributed by atoms with E-state index in [9.17, 15) is 40.7 Å². The van der Waals surface area contributed by atoms with E-state index >= 15 is 0 Å². The van der Waals surface area contributed by atoms with Gasteiger partial charge in [0.2, 0.25) is 18.0 Å². The van der Waals surface area contributed by atoms with E-state index < -0.39 is 73.8 Å². The molecule has 0 spiro atoms. The van der Waals surface area contributed by atoms with Crippen LogP contribution in [0.3, 0.4) is 0 Å². The predicted octanol–water partition coefficient (Wildman–Crippen LogP) is 4.35. The summed E-state index contributed by atoms with van der Waals surface area (Å²) in [6, 6.07) is 15.3. The van der Waals surface area contributed by atoms with Crippen molar-refractivity contribution in [2.45, 2.75) is 44.2 Å². The molecular formula is C26H26F6N4O3. The largest absolute Gasteiger partial charge is 0.389 e. The lowest BCUT2D eigenvalue weighted by Gasteiger charge is -2.27. The van der Waals surface area contributed by atoms with Gasteiger partial charge in [0.15, 0.2) is 0 Å². The number of hydrogen-bond donors (Lipinski definition) is 2. The van der Waals surface area contributed by atoms with E-state index in [0.29, 0.717) is 22.5 Å². The molecule has 2 aromatic carbocycles. The van der Waals surface area contributed by atoms with Crippen molar-refractivity contribution >= 4 is 29.1 Å². The number of likely N-dealkylation sites (N-methyl/N-ethyl adjacent to an activating group) is 1. The number of nitrogens with one attached hydrogen (secondary N) is 1. The molecule has 3 atom stereocenters. The number of carbonyl (C=O) groups is 3. The summed E-state index contributed by atoms with van der Waals surface area (Å²) in [6.45, 7) is 0. The van der Waals surface area contributed by atoms with Gasteiger partial charge in [0, 0.05) is 42.9 Å². The number of fused-ring (bicyclic) bond motifs is 1. The number of anilines is 1. The second-order valence-corrected chi connectivity index (χ2v) is 9.09. The van der Waals surface area contributed by atoms with Gasteiger partial charge in [0.1, 0.15) is 0 Å². The van der Waals surface area contributed by atoms with Crippen molar-refractivity contribution in [3.05, 3.63) is 65.7 Å². The number of para-hydroxylation sites is 1. The normalized spacial score (nSPS) is 17.5. The number of benzene rings is 2. The molecule has 3 amide bonds. The van der Waals surface area contributed by atoms with Crippen LogP contribution < -0.4 is 16.0 Å². The molecule has 0 aliphatic carbocycles. The third-order valence-electron chi connectivity index (χ3n) is 6.33. The molecule has 7 nitrogen and oxygen atoms in total. The van der Waals surface area contributed by atoms with Crippen molar-refractivity contribution in [1.82, 2.24) is 5.32 Å². The third kappa shape index (κ3) is 7.80. The molecule has 2 aromatic rings. The van der Waals surface area contributed by atoms with E-state index in [0.717, 1.165) is 0 Å². The summed E-state index contributed by atoms with van der Waals surface area (Å²) in [5.41, 5.74) is 7.08. The summed E-state index contributed by atoms with van der Waals surface area (Å²) in [5.74, 6) is -7.08. The highest BCUT2D eigenvalue weighted by Crippen LogP contribution is 2.33. The van der Waals surface area contributed by atoms with Crippen LogP contribution in [0.1, 0.15) is 36.8 Å². The summed E-state index contributed by atoms with van der Waals surface area (Å²) in [6.07, 6.45) is -16.2. The Morgan fingerprint density at radius 3 is 2.03 bits per heavy atom. The Kier molecular flexibility index (Phi) is 9.03. The fourth-order valence-corrected chi connectivity index (χ4v) is 4.38. The highest BCUT2D eigenvalue weighted by atomic mass is 19.4. The SMILES string of the molecule is CN1C(=O)[C@H](NC(=O)[C@@H](CCC(F)(F)F)[C@@H](CCC(F)(F)F)C(N)=O)N=C(c2ccccc2)c2ccccc21. The van der Waals surface area contributed by atoms with Crippen molar-refractivity contribution in [2.75, 3.05) is 11.9 Å². The molecule has 0 fully saturated rings. The first-order valence-electron chi connectivity index (χ1n) is 11.9. The standard InChI is InChI=1S/C26H26F6N4O3/c1-36-19-10-6-5-9-18(19)20(15-7-3-2-4-8-15)34-22(24(36)39)35-23(38)17(12-14-26(30,31)32)16(21(33)37)11-13-25(27,28)29/h2-10,16-17,22H,11-14H2,1H3,(H2,33,37)(H,35,38)/t16-,17+,22+/m1/s1. The minimum atomic E-state index is -4.76. The average molecular weight is 557 g/mol. The molecule has 1 aliphatic rings. The lowest BCUT2D eigenvalue weighted by molar-refractivity contribution is -0.152. The first kappa shape index (κ1) is 29.7. The van der Waals surface area contributed by atoms with Gasteiger partial charge in [0.25, 0.3) is 5.91 Å². The summed E-state index contributed by atoms with van der Waals surface area (Å²) in [4.78, 5) is 44.2. The highest BCUT2D eigenvalue weighted by Gasteiger charge is 2.41. The van der Waals surface area contributed by atoms with E-state index in [2.05, 4.69) is 10.3 Å². The monoisotopic (exact) mass is 556 g/mol. The molecule has 0 aromatic heterocycles. The Morgan fingerprint density at radius 1 is 0.923 bits per heavy atom. The number of hydrogen-bond acceptors (Lipinski definition) is 4. The second-order valence-electron chi connectivity index (χ2n) is 9.09. The maximum absolute atomic E-state index is 13.3. The lowest BCUT2D eigenvalue weighted by Crippen LogP contribution is -2.50. The zero-order valence-corrected chi connectivity index (χ0v) is 20.7. The van der Waals surface area contributed by atoms with Crippen molar-refractivity contribution in [2.24, 2.45) is 22.6 Å². The smallest absolute Gasteiger partial charge is 0.369 e. The fourth-order valence-electron chi connectivity index (χ4n) is 4.38. The highest BCUT2D eigenvalue weighted by molar-refractivity contribution is 6.20. The van der Waals surface area contributed by atoms with Gasteiger partial charge in [-0.15, -0.1) is 0 Å². The van der Waals surface area contributed by atoms with E-state index in [1.807, 2.05) is 0 Å². The first-order valence-corrected chi connectivity index (χ1v) is 11.9. The first-order chi connectivity index (χ1) is 18.2. The predicted molar refractivity (Wildman–Crippen MR) is 131 cm³/mol. The van der Waals surface area contributed by atoms with Gasteiger partial charge in [0.05, 0.1) is 11.4 Å². The number of nitrogens with two attached hydrogens (primary N) is 1. The molecule has 3 N–H and O–H groups in total. The number of benzodiazepines with no additional fused rings is 1. The number of amides is 3. The van der Waals surface area contributed by atoms with Crippen molar-refractivity contribution in [3.63, 3.8) is 0 Å². The van der Waals surface area contributed by atoms with Crippen LogP contribution in [0.4, 0.5) is 32.0 Å². The molecule has 1 heterocycles. The van der Waals surface area contributed by atoms with Gasteiger partial charge in [-0.2, -0.15) is 26.3 Å². The topological polar surface area (TPSA) is 105 Å². The van der Waals surface area contributed by atoms with Gasteiger partial charge >= 0.3 is 12.4 Å². The summed E-state index contributed by atoms with van der Waals surface area (Å²) in [5, 5.41) is 2.27. The molecule has 3 rings (SSSR count). The van der Waals surface area contributed by atoms with Crippen LogP contribution in [0, 0.1) is 11.8 Å². The Balaban J connectivity index is 2.00. The quantitative estimate of drug-likeness (QED) is 0.449. The van der Waals surface area contributed by atoms with Crippen molar-refractivity contribution in [1.29, 1.82) is 0 Å². The van der Waals surface area contributed by atoms with Gasteiger partial charge in [-0.05, 0) is 18.9 Å². The molecule has 39 heavy (non-hydrogen) atoms. The molecule has 1 aliphatic heterocycles. The molecule has 13 heteroatoms. The van der Waals surface area contributed by atoms with Crippen molar-refractivity contribution < 1.29 is 40.7 Å². The van der Waals surface area contributed by atoms with Crippen LogP contribution in [0.15, 0.2) is 59.6 Å². The number of halogens is 6. The Labute approximate surface area is 220 Å². The van der Waals surface area contributed by atoms with E-state index in [4.69, 9.17) is 5.73 Å². The van der Waals surface area contributed by atoms with Crippen LogP contribution in [0.25, 0.3) is 0 Å². The maximum Gasteiger partial charge on any atom is 0.389 e. The number of nitrogens with zero attached hydrogens (tertiary/aromatic N) is 2. The van der Waals surface area contributed by atoms with Crippen molar-refractivity contribution in [3.8, 4) is 0 Å². The van der Waals surface area contributed by atoms with Crippen LogP contribution in [-0.4, -0.2) is 49.0 Å². The lowest BCUT2D eigenvalue weighted by atomic mass is 9.83. The number of rotatable bonds is 9. The minimum absolute atomic E-state index is 0.296. The third-order valence-corrected chi connectivity index (χ3v) is 6.33. The summed E-state index contributed by atoms with van der Waals surface area (Å²) < 4.78 is 77.7. The van der Waals surface area contributed by atoms with Gasteiger partial charge < -0.3 is 16.0 Å². The van der Waals surface area contributed by atoms with E-state index in [-0.39, 0.29) is 0 Å². The van der Waals surface area contributed by atoms with Gasteiger partial charge in [-0.3, -0.25) is 14.4 Å². The summed E-state index contributed by atoms with van der Waals surface area (Å²) in [7, 11) is 1.42. The maximum atomic E-state index is 13.3. The number of primary amides is 1. The molecule has 0 saturated heterocycles. The van der Waals surface area contributed by atoms with Crippen LogP contribution >= 0.6 is 0 Å². The van der Waals surface area contributed by atoms with Crippen LogP contribution in [-0.2, 0) is 14.4 Å². The average Bonchev–Trinajstić information content (AvgIpc) is 2.95. The number of carbonyl (C=O) groups excluding carboxylic acids is 3. The van der Waals surface area contributed by atoms with Gasteiger partial charge in [-0.25, -0.2) is 4.99 Å². The summed E-state index contributed by atoms with van der Waals surface area (Å²) >= 11 is 0. The van der Waals surface area contributed by atoms with Crippen LogP contribution in [0.5, 0.6) is 0 Å². The Bertz CT molecular complexity index is 1230. The van der Waals surface area contributed by atoms with Gasteiger partial charge in [-0.1, -0.05) is 48.5 Å². The minimum Gasteiger partial charge on any atom is -0.369 e. The Hall–Kier alpha value is -3.90. The zero-order valence-electron chi connectivity index (χ0n) is 20.7. The molecule has 0 unspecified atom stereocenters. The molecule has 0 radical (unpaired) electrons. The molecule has 0 saturated carbocycles. The molecular weight excluding hydrogens is 530 g/mol. The number of aliphatic imine (C=N–C) groups is 1.